The van der Waals surface area contributed by atoms with Gasteiger partial charge in [-0.3, -0.25) is 14.5 Å². The zero-order chi connectivity index (χ0) is 24.8. The number of ether oxygens (including phenoxy) is 1. The summed E-state index contributed by atoms with van der Waals surface area (Å²) in [4.78, 5) is 27.9. The Morgan fingerprint density at radius 1 is 1.00 bits per heavy atom. The summed E-state index contributed by atoms with van der Waals surface area (Å²) in [5, 5.41) is 11.4. The highest BCUT2D eigenvalue weighted by atomic mass is 16.5. The number of amides is 1. The van der Waals surface area contributed by atoms with Gasteiger partial charge in [-0.05, 0) is 61.7 Å². The number of hydrogen-bond acceptors (Lipinski definition) is 5. The fourth-order valence-electron chi connectivity index (χ4n) is 4.27. The minimum absolute atomic E-state index is 0.00930. The number of Topliss-reactive ketones (excluding diaryl/α,β-unsaturated/α-hetero) is 1. The summed E-state index contributed by atoms with van der Waals surface area (Å²) in [5.41, 5.74) is 2.60. The zero-order valence-corrected chi connectivity index (χ0v) is 20.3. The summed E-state index contributed by atoms with van der Waals surface area (Å²) in [5.74, 6) is 0.00847. The number of carbonyl (C=O) groups excluding carboxylic acids is 2. The van der Waals surface area contributed by atoms with E-state index in [4.69, 9.17) is 9.15 Å². The van der Waals surface area contributed by atoms with Crippen LogP contribution in [0.15, 0.2) is 64.6 Å². The average molecular weight is 460 g/mol. The second kappa shape index (κ2) is 8.52. The molecule has 1 N–H and O–H groups in total. The van der Waals surface area contributed by atoms with Crippen molar-refractivity contribution in [2.24, 2.45) is 0 Å². The number of benzene rings is 2. The highest BCUT2D eigenvalue weighted by Gasteiger charge is 2.48. The van der Waals surface area contributed by atoms with Crippen LogP contribution in [-0.2, 0) is 15.0 Å². The maximum Gasteiger partial charge on any atom is 0.300 e. The molecule has 0 radical (unpaired) electrons. The summed E-state index contributed by atoms with van der Waals surface area (Å²) in [7, 11) is 1.59. The third kappa shape index (κ3) is 4.00. The van der Waals surface area contributed by atoms with Crippen molar-refractivity contribution < 1.29 is 23.8 Å². The highest BCUT2D eigenvalue weighted by Crippen LogP contribution is 2.43. The molecular formula is C28H29NO5. The molecular weight excluding hydrogens is 430 g/mol. The first-order valence-corrected chi connectivity index (χ1v) is 11.2. The van der Waals surface area contributed by atoms with E-state index >= 15 is 0 Å². The molecule has 1 unspecified atom stereocenters. The molecule has 1 aromatic heterocycles. The summed E-state index contributed by atoms with van der Waals surface area (Å²) in [6.45, 7) is 9.85. The van der Waals surface area contributed by atoms with E-state index in [1.807, 2.05) is 39.8 Å². The van der Waals surface area contributed by atoms with Crippen molar-refractivity contribution in [3.63, 3.8) is 0 Å². The molecule has 2 heterocycles. The van der Waals surface area contributed by atoms with Gasteiger partial charge in [-0.1, -0.05) is 38.5 Å². The predicted molar refractivity (Wildman–Crippen MR) is 131 cm³/mol. The van der Waals surface area contributed by atoms with Crippen LogP contribution in [0.5, 0.6) is 5.75 Å². The number of aryl methyl sites for hydroxylation is 2. The monoisotopic (exact) mass is 459 g/mol. The lowest BCUT2D eigenvalue weighted by Crippen LogP contribution is -2.29. The molecule has 1 fully saturated rings. The van der Waals surface area contributed by atoms with Gasteiger partial charge in [0.2, 0.25) is 0 Å². The molecule has 1 saturated heterocycles. The number of rotatable bonds is 4. The van der Waals surface area contributed by atoms with Crippen molar-refractivity contribution in [2.45, 2.75) is 46.1 Å². The molecule has 1 atom stereocenters. The van der Waals surface area contributed by atoms with Gasteiger partial charge in [0, 0.05) is 16.8 Å². The van der Waals surface area contributed by atoms with Crippen LogP contribution < -0.4 is 9.64 Å². The van der Waals surface area contributed by atoms with Crippen LogP contribution in [0.3, 0.4) is 0 Å². The molecule has 1 aliphatic heterocycles. The topological polar surface area (TPSA) is 80.0 Å². The lowest BCUT2D eigenvalue weighted by atomic mass is 9.84. The van der Waals surface area contributed by atoms with Gasteiger partial charge in [0.25, 0.3) is 11.7 Å². The normalized spacial score (nSPS) is 17.9. The number of ketones is 1. The van der Waals surface area contributed by atoms with Gasteiger partial charge in [-0.2, -0.15) is 0 Å². The Kier molecular flexibility index (Phi) is 5.86. The Morgan fingerprint density at radius 2 is 1.68 bits per heavy atom. The molecule has 6 heteroatoms. The molecule has 0 aliphatic carbocycles. The zero-order valence-electron chi connectivity index (χ0n) is 20.3. The number of anilines is 1. The van der Waals surface area contributed by atoms with Crippen molar-refractivity contribution in [3.8, 4) is 5.75 Å². The van der Waals surface area contributed by atoms with Crippen LogP contribution in [0, 0.1) is 13.8 Å². The number of aliphatic hydroxyl groups excluding tert-OH is 1. The van der Waals surface area contributed by atoms with Gasteiger partial charge >= 0.3 is 0 Å². The molecule has 1 aliphatic rings. The first kappa shape index (κ1) is 23.4. The number of hydrogen-bond donors (Lipinski definition) is 1. The third-order valence-electron chi connectivity index (χ3n) is 6.07. The number of furan rings is 1. The fraction of sp³-hybridized carbons (Fsp3) is 0.286. The predicted octanol–water partition coefficient (Wildman–Crippen LogP) is 5.83. The van der Waals surface area contributed by atoms with E-state index in [9.17, 15) is 14.7 Å². The maximum absolute atomic E-state index is 13.3. The van der Waals surface area contributed by atoms with Gasteiger partial charge < -0.3 is 14.3 Å². The molecule has 2 aromatic carbocycles. The van der Waals surface area contributed by atoms with Crippen molar-refractivity contribution in [1.82, 2.24) is 0 Å². The third-order valence-corrected chi connectivity index (χ3v) is 6.07. The minimum Gasteiger partial charge on any atom is -0.507 e. The Hall–Kier alpha value is -3.80. The van der Waals surface area contributed by atoms with Gasteiger partial charge in [0.1, 0.15) is 29.1 Å². The quantitative estimate of drug-likeness (QED) is 0.302. The lowest BCUT2D eigenvalue weighted by Gasteiger charge is -2.24. The average Bonchev–Trinajstić information content (AvgIpc) is 3.34. The second-order valence-corrected chi connectivity index (χ2v) is 9.62. The first-order chi connectivity index (χ1) is 16.0. The Labute approximate surface area is 199 Å². The van der Waals surface area contributed by atoms with Gasteiger partial charge in [0.05, 0.1) is 12.7 Å². The summed E-state index contributed by atoms with van der Waals surface area (Å²) < 4.78 is 11.4. The molecule has 3 aromatic rings. The van der Waals surface area contributed by atoms with Crippen LogP contribution in [0.1, 0.15) is 55.0 Å². The fourth-order valence-corrected chi connectivity index (χ4v) is 4.27. The van der Waals surface area contributed by atoms with E-state index < -0.39 is 17.7 Å². The van der Waals surface area contributed by atoms with Crippen molar-refractivity contribution in [3.05, 3.63) is 88.4 Å². The molecule has 6 nitrogen and oxygen atoms in total. The van der Waals surface area contributed by atoms with Crippen LogP contribution in [0.2, 0.25) is 0 Å². The van der Waals surface area contributed by atoms with Crippen LogP contribution >= 0.6 is 0 Å². The standard InChI is InChI=1S/C28H29NO5/c1-16-7-11-19(12-8-16)29-24(22-13-9-17(2)34-22)23(26(31)27(29)32)25(30)18-10-14-21(33-6)20(15-18)28(3,4)5/h7-15,24,30H,1-6H3/b25-23-. The highest BCUT2D eigenvalue weighted by molar-refractivity contribution is 6.51. The van der Waals surface area contributed by atoms with E-state index in [1.54, 1.807) is 56.5 Å². The van der Waals surface area contributed by atoms with E-state index in [2.05, 4.69) is 0 Å². The molecule has 0 saturated carbocycles. The van der Waals surface area contributed by atoms with Crippen LogP contribution in [0.25, 0.3) is 5.76 Å². The van der Waals surface area contributed by atoms with Gasteiger partial charge in [-0.15, -0.1) is 0 Å². The summed E-state index contributed by atoms with van der Waals surface area (Å²) in [6, 6.07) is 15.2. The SMILES string of the molecule is COc1ccc(/C(O)=C2/C(=O)C(=O)N(c3ccc(C)cc3)C2c2ccc(C)o2)cc1C(C)(C)C. The molecule has 176 valence electrons. The first-order valence-electron chi connectivity index (χ1n) is 11.2. The molecule has 0 bridgehead atoms. The van der Waals surface area contributed by atoms with E-state index in [0.717, 1.165) is 11.1 Å². The Bertz CT molecular complexity index is 1290. The smallest absolute Gasteiger partial charge is 0.300 e. The number of methoxy groups -OCH3 is 1. The van der Waals surface area contributed by atoms with Crippen LogP contribution in [-0.4, -0.2) is 23.9 Å². The van der Waals surface area contributed by atoms with Gasteiger partial charge in [0.15, 0.2) is 0 Å². The number of carbonyl (C=O) groups is 2. The van der Waals surface area contributed by atoms with Crippen molar-refractivity contribution >= 4 is 23.1 Å². The van der Waals surface area contributed by atoms with Crippen LogP contribution in [0.4, 0.5) is 5.69 Å². The molecule has 1 amide bonds. The van der Waals surface area contributed by atoms with E-state index in [-0.39, 0.29) is 16.7 Å². The van der Waals surface area contributed by atoms with Crippen molar-refractivity contribution in [1.29, 1.82) is 0 Å². The lowest BCUT2D eigenvalue weighted by molar-refractivity contribution is -0.132. The summed E-state index contributed by atoms with van der Waals surface area (Å²) in [6.07, 6.45) is 0. The van der Waals surface area contributed by atoms with Gasteiger partial charge in [-0.25, -0.2) is 0 Å². The Morgan fingerprint density at radius 3 is 2.24 bits per heavy atom. The summed E-state index contributed by atoms with van der Waals surface area (Å²) >= 11 is 0. The number of nitrogens with zero attached hydrogens (tertiary/aromatic N) is 1. The Balaban J connectivity index is 1.94. The van der Waals surface area contributed by atoms with Crippen molar-refractivity contribution in [2.75, 3.05) is 12.0 Å². The maximum atomic E-state index is 13.3. The molecule has 0 spiro atoms. The van der Waals surface area contributed by atoms with E-state index in [1.165, 1.54) is 4.90 Å². The molecule has 34 heavy (non-hydrogen) atoms. The second-order valence-electron chi connectivity index (χ2n) is 9.62. The van der Waals surface area contributed by atoms with E-state index in [0.29, 0.717) is 28.5 Å². The minimum atomic E-state index is -0.892. The largest absolute Gasteiger partial charge is 0.507 e. The molecule has 4 rings (SSSR count). The number of aliphatic hydroxyl groups is 1.